The lowest BCUT2D eigenvalue weighted by Crippen LogP contribution is -2.43. The van der Waals surface area contributed by atoms with Gasteiger partial charge in [0.05, 0.1) is 5.75 Å². The summed E-state index contributed by atoms with van der Waals surface area (Å²) in [5, 5.41) is 0. The second kappa shape index (κ2) is 5.67. The van der Waals surface area contributed by atoms with Gasteiger partial charge in [-0.25, -0.2) is 0 Å². The van der Waals surface area contributed by atoms with Crippen molar-refractivity contribution in [3.05, 3.63) is 0 Å². The van der Waals surface area contributed by atoms with Crippen LogP contribution in [0.25, 0.3) is 0 Å². The highest BCUT2D eigenvalue weighted by Gasteiger charge is 2.30. The van der Waals surface area contributed by atoms with Crippen molar-refractivity contribution in [3.63, 3.8) is 0 Å². The van der Waals surface area contributed by atoms with E-state index in [4.69, 9.17) is 4.55 Å². The Labute approximate surface area is 104 Å². The first-order valence-electron chi connectivity index (χ1n) is 6.77. The first-order valence-corrected chi connectivity index (χ1v) is 8.38. The van der Waals surface area contributed by atoms with Crippen LogP contribution in [0.2, 0.25) is 0 Å². The first kappa shape index (κ1) is 13.3. The fraction of sp³-hybridized carbons (Fsp3) is 1.00. The van der Waals surface area contributed by atoms with Gasteiger partial charge in [0.25, 0.3) is 10.1 Å². The summed E-state index contributed by atoms with van der Waals surface area (Å²) in [6.45, 7) is 0.508. The number of rotatable bonds is 5. The molecule has 2 aliphatic rings. The molecule has 2 aliphatic carbocycles. The third kappa shape index (κ3) is 3.93. The monoisotopic (exact) mass is 261 g/mol. The Balaban J connectivity index is 1.95. The third-order valence-electron chi connectivity index (χ3n) is 4.19. The van der Waals surface area contributed by atoms with Crippen LogP contribution in [0.5, 0.6) is 0 Å². The highest BCUT2D eigenvalue weighted by atomic mass is 32.2. The van der Waals surface area contributed by atoms with Gasteiger partial charge in [-0.05, 0) is 25.7 Å². The molecule has 0 amide bonds. The van der Waals surface area contributed by atoms with Crippen LogP contribution in [-0.4, -0.2) is 42.3 Å². The third-order valence-corrected chi connectivity index (χ3v) is 4.89. The summed E-state index contributed by atoms with van der Waals surface area (Å²) in [6, 6.07) is 1.11. The van der Waals surface area contributed by atoms with Gasteiger partial charge in [0, 0.05) is 18.6 Å². The predicted molar refractivity (Wildman–Crippen MR) is 67.6 cm³/mol. The minimum Gasteiger partial charge on any atom is -0.296 e. The van der Waals surface area contributed by atoms with Gasteiger partial charge < -0.3 is 0 Å². The normalized spacial score (nSPS) is 23.9. The summed E-state index contributed by atoms with van der Waals surface area (Å²) >= 11 is 0. The Morgan fingerprint density at radius 1 is 0.941 bits per heavy atom. The van der Waals surface area contributed by atoms with Crippen molar-refractivity contribution in [2.45, 2.75) is 63.5 Å². The van der Waals surface area contributed by atoms with E-state index in [1.807, 2.05) is 0 Å². The highest BCUT2D eigenvalue weighted by Crippen LogP contribution is 2.31. The smallest absolute Gasteiger partial charge is 0.266 e. The van der Waals surface area contributed by atoms with Gasteiger partial charge in [0.2, 0.25) is 0 Å². The maximum Gasteiger partial charge on any atom is 0.266 e. The Kier molecular flexibility index (Phi) is 4.44. The maximum atomic E-state index is 10.9. The van der Waals surface area contributed by atoms with Crippen LogP contribution in [0.15, 0.2) is 0 Å². The lowest BCUT2D eigenvalue weighted by Gasteiger charge is -2.34. The number of nitrogens with zero attached hydrogens (tertiary/aromatic N) is 1. The Bertz CT molecular complexity index is 314. The molecule has 0 aromatic heterocycles. The molecule has 0 aromatic carbocycles. The Hall–Kier alpha value is -0.130. The molecule has 5 heteroatoms. The predicted octanol–water partition coefficient (Wildman–Crippen LogP) is 2.06. The molecule has 0 aliphatic heterocycles. The molecular weight excluding hydrogens is 238 g/mol. The molecule has 0 aromatic rings. The van der Waals surface area contributed by atoms with Crippen molar-refractivity contribution in [1.29, 1.82) is 0 Å². The van der Waals surface area contributed by atoms with Crippen molar-refractivity contribution in [3.8, 4) is 0 Å². The van der Waals surface area contributed by atoms with Crippen LogP contribution in [0, 0.1) is 0 Å². The molecule has 0 spiro atoms. The van der Waals surface area contributed by atoms with Crippen molar-refractivity contribution in [2.24, 2.45) is 0 Å². The fourth-order valence-electron chi connectivity index (χ4n) is 3.36. The van der Waals surface area contributed by atoms with Gasteiger partial charge in [-0.2, -0.15) is 8.42 Å². The van der Waals surface area contributed by atoms with Crippen LogP contribution < -0.4 is 0 Å². The van der Waals surface area contributed by atoms with E-state index in [9.17, 15) is 8.42 Å². The molecule has 0 radical (unpaired) electrons. The lowest BCUT2D eigenvalue weighted by molar-refractivity contribution is 0.146. The quantitative estimate of drug-likeness (QED) is 0.770. The molecule has 0 saturated heterocycles. The van der Waals surface area contributed by atoms with Crippen LogP contribution in [-0.2, 0) is 10.1 Å². The molecule has 100 valence electrons. The van der Waals surface area contributed by atoms with E-state index in [0.717, 1.165) is 0 Å². The number of hydrogen-bond acceptors (Lipinski definition) is 3. The topological polar surface area (TPSA) is 57.6 Å². The zero-order chi connectivity index (χ0) is 12.3. The largest absolute Gasteiger partial charge is 0.296 e. The van der Waals surface area contributed by atoms with Crippen molar-refractivity contribution in [1.82, 2.24) is 4.90 Å². The van der Waals surface area contributed by atoms with Crippen LogP contribution in [0.3, 0.4) is 0 Å². The zero-order valence-electron chi connectivity index (χ0n) is 10.3. The van der Waals surface area contributed by atoms with Crippen molar-refractivity contribution in [2.75, 3.05) is 12.3 Å². The molecule has 17 heavy (non-hydrogen) atoms. The molecule has 2 fully saturated rings. The van der Waals surface area contributed by atoms with E-state index in [1.165, 1.54) is 51.4 Å². The van der Waals surface area contributed by atoms with Crippen LogP contribution in [0.1, 0.15) is 51.4 Å². The fourth-order valence-corrected chi connectivity index (χ4v) is 3.80. The summed E-state index contributed by atoms with van der Waals surface area (Å²) in [6.07, 6.45) is 9.84. The first-order chi connectivity index (χ1) is 8.06. The Morgan fingerprint density at radius 3 is 1.71 bits per heavy atom. The molecule has 0 heterocycles. The lowest BCUT2D eigenvalue weighted by atomic mass is 10.1. The van der Waals surface area contributed by atoms with Crippen LogP contribution >= 0.6 is 0 Å². The van der Waals surface area contributed by atoms with Gasteiger partial charge in [0.15, 0.2) is 0 Å². The summed E-state index contributed by atoms with van der Waals surface area (Å²) in [5.41, 5.74) is 0. The summed E-state index contributed by atoms with van der Waals surface area (Å²) in [5.74, 6) is -0.111. The van der Waals surface area contributed by atoms with Gasteiger partial charge in [-0.1, -0.05) is 25.7 Å². The minimum absolute atomic E-state index is 0.111. The average molecular weight is 261 g/mol. The number of hydrogen-bond donors (Lipinski definition) is 1. The SMILES string of the molecule is O=S(=O)(O)CCN(C1CCCC1)C1CCCC1. The van der Waals surface area contributed by atoms with E-state index in [1.54, 1.807) is 0 Å². The van der Waals surface area contributed by atoms with E-state index in [2.05, 4.69) is 4.90 Å². The molecular formula is C12H23NO3S. The molecule has 4 nitrogen and oxygen atoms in total. The second-order valence-electron chi connectivity index (χ2n) is 5.40. The average Bonchev–Trinajstić information content (AvgIpc) is 2.86. The Morgan fingerprint density at radius 2 is 1.35 bits per heavy atom. The summed E-state index contributed by atoms with van der Waals surface area (Å²) in [4.78, 5) is 2.37. The maximum absolute atomic E-state index is 10.9. The summed E-state index contributed by atoms with van der Waals surface area (Å²) < 4.78 is 30.7. The van der Waals surface area contributed by atoms with Gasteiger partial charge >= 0.3 is 0 Å². The van der Waals surface area contributed by atoms with E-state index in [0.29, 0.717) is 18.6 Å². The molecule has 0 unspecified atom stereocenters. The zero-order valence-corrected chi connectivity index (χ0v) is 11.2. The molecule has 0 atom stereocenters. The van der Waals surface area contributed by atoms with E-state index >= 15 is 0 Å². The molecule has 2 saturated carbocycles. The minimum atomic E-state index is -3.82. The summed E-state index contributed by atoms with van der Waals surface area (Å²) in [7, 11) is -3.82. The van der Waals surface area contributed by atoms with Crippen LogP contribution in [0.4, 0.5) is 0 Å². The standard InChI is InChI=1S/C12H23NO3S/c14-17(15,16)10-9-13(11-5-1-2-6-11)12-7-3-4-8-12/h11-12H,1-10H2,(H,14,15,16). The van der Waals surface area contributed by atoms with Crippen molar-refractivity contribution >= 4 is 10.1 Å². The molecule has 1 N–H and O–H groups in total. The van der Waals surface area contributed by atoms with E-state index < -0.39 is 10.1 Å². The van der Waals surface area contributed by atoms with Gasteiger partial charge in [0.1, 0.15) is 0 Å². The second-order valence-corrected chi connectivity index (χ2v) is 6.97. The van der Waals surface area contributed by atoms with Gasteiger partial charge in [-0.15, -0.1) is 0 Å². The molecule has 0 bridgehead atoms. The van der Waals surface area contributed by atoms with Gasteiger partial charge in [-0.3, -0.25) is 9.45 Å². The van der Waals surface area contributed by atoms with Crippen molar-refractivity contribution < 1.29 is 13.0 Å². The van der Waals surface area contributed by atoms with E-state index in [-0.39, 0.29) is 5.75 Å². The highest BCUT2D eigenvalue weighted by molar-refractivity contribution is 7.85. The molecule has 2 rings (SSSR count).